The second-order valence-corrected chi connectivity index (χ2v) is 5.76. The van der Waals surface area contributed by atoms with Crippen molar-refractivity contribution in [2.75, 3.05) is 0 Å². The van der Waals surface area contributed by atoms with Gasteiger partial charge in [0.25, 0.3) is 0 Å². The number of benzene rings is 2. The molecule has 25 heavy (non-hydrogen) atoms. The maximum absolute atomic E-state index is 5.37. The van der Waals surface area contributed by atoms with Crippen molar-refractivity contribution < 1.29 is 4.42 Å². The summed E-state index contributed by atoms with van der Waals surface area (Å²) in [4.78, 5) is 0. The van der Waals surface area contributed by atoms with Gasteiger partial charge in [-0.05, 0) is 41.0 Å². The quantitative estimate of drug-likeness (QED) is 0.428. The lowest BCUT2D eigenvalue weighted by Gasteiger charge is -2.02. The summed E-state index contributed by atoms with van der Waals surface area (Å²) in [5.41, 5.74) is 3.31. The molecule has 0 aliphatic carbocycles. The van der Waals surface area contributed by atoms with E-state index in [9.17, 15) is 0 Å². The molecule has 0 amide bonds. The number of rotatable bonds is 4. The molecule has 6 heteroatoms. The summed E-state index contributed by atoms with van der Waals surface area (Å²) in [6.45, 7) is 0. The van der Waals surface area contributed by atoms with Crippen LogP contribution in [0.1, 0.15) is 5.56 Å². The Morgan fingerprint density at radius 2 is 1.72 bits per heavy atom. The number of hydrogen-bond donors (Lipinski definition) is 1. The molecule has 2 aromatic carbocycles. The first-order valence-corrected chi connectivity index (χ1v) is 8.13. The fraction of sp³-hybridized carbons (Fsp3) is 0. The number of furan rings is 1. The van der Waals surface area contributed by atoms with Crippen LogP contribution in [0.5, 0.6) is 0 Å². The molecule has 2 heterocycles. The maximum Gasteiger partial charge on any atom is 0.219 e. The highest BCUT2D eigenvalue weighted by molar-refractivity contribution is 7.71. The smallest absolute Gasteiger partial charge is 0.219 e. The normalized spacial score (nSPS) is 11.2. The molecule has 0 fully saturated rings. The molecule has 0 aliphatic heterocycles. The van der Waals surface area contributed by atoms with E-state index >= 15 is 0 Å². The van der Waals surface area contributed by atoms with E-state index in [0.717, 1.165) is 11.1 Å². The third kappa shape index (κ3) is 3.20. The van der Waals surface area contributed by atoms with Crippen LogP contribution in [-0.2, 0) is 0 Å². The zero-order valence-electron chi connectivity index (χ0n) is 13.2. The number of aromatic nitrogens is 3. The molecule has 0 unspecified atom stereocenters. The highest BCUT2D eigenvalue weighted by atomic mass is 32.1. The van der Waals surface area contributed by atoms with Gasteiger partial charge in [0.1, 0.15) is 0 Å². The molecule has 0 bridgehead atoms. The summed E-state index contributed by atoms with van der Waals surface area (Å²) < 4.78 is 7.31. The van der Waals surface area contributed by atoms with E-state index < -0.39 is 0 Å². The number of aromatic amines is 1. The SMILES string of the molecule is S=c1[nH]nc(-c2ccco2)n1N=Cc1ccc(-c2ccccc2)cc1. The monoisotopic (exact) mass is 346 g/mol. The van der Waals surface area contributed by atoms with Gasteiger partial charge in [0.2, 0.25) is 10.6 Å². The minimum Gasteiger partial charge on any atom is -0.461 e. The van der Waals surface area contributed by atoms with E-state index in [0.29, 0.717) is 16.4 Å². The van der Waals surface area contributed by atoms with Crippen LogP contribution in [0.15, 0.2) is 82.5 Å². The lowest BCUT2D eigenvalue weighted by molar-refractivity contribution is 0.573. The Kier molecular flexibility index (Phi) is 4.10. The first-order chi connectivity index (χ1) is 12.3. The van der Waals surface area contributed by atoms with Gasteiger partial charge in [-0.15, -0.1) is 5.10 Å². The van der Waals surface area contributed by atoms with Crippen LogP contribution in [-0.4, -0.2) is 21.1 Å². The summed E-state index contributed by atoms with van der Waals surface area (Å²) in [7, 11) is 0. The standard InChI is InChI=1S/C19H14N4OS/c25-19-22-21-18(17-7-4-12-24-17)23(19)20-13-14-8-10-16(11-9-14)15-5-2-1-3-6-15/h1-13H,(H,22,25). The van der Waals surface area contributed by atoms with E-state index in [4.69, 9.17) is 16.6 Å². The molecule has 4 rings (SSSR count). The van der Waals surface area contributed by atoms with Crippen molar-refractivity contribution in [1.82, 2.24) is 14.9 Å². The highest BCUT2D eigenvalue weighted by Gasteiger charge is 2.10. The first-order valence-electron chi connectivity index (χ1n) is 7.72. The molecule has 5 nitrogen and oxygen atoms in total. The average Bonchev–Trinajstić information content (AvgIpc) is 3.31. The molecule has 0 saturated carbocycles. The summed E-state index contributed by atoms with van der Waals surface area (Å²) >= 11 is 5.24. The van der Waals surface area contributed by atoms with Gasteiger partial charge < -0.3 is 4.42 Å². The van der Waals surface area contributed by atoms with Gasteiger partial charge in [0, 0.05) is 0 Å². The Balaban J connectivity index is 1.61. The van der Waals surface area contributed by atoms with Crippen molar-refractivity contribution in [3.63, 3.8) is 0 Å². The van der Waals surface area contributed by atoms with E-state index in [-0.39, 0.29) is 0 Å². The number of H-pyrrole nitrogens is 1. The van der Waals surface area contributed by atoms with Crippen LogP contribution >= 0.6 is 12.2 Å². The summed E-state index contributed by atoms with van der Waals surface area (Å²) in [6.07, 6.45) is 3.33. The Labute approximate surface area is 149 Å². The first kappa shape index (κ1) is 15.3. The Morgan fingerprint density at radius 3 is 2.44 bits per heavy atom. The average molecular weight is 346 g/mol. The maximum atomic E-state index is 5.37. The minimum absolute atomic E-state index is 0.406. The summed E-state index contributed by atoms with van der Waals surface area (Å²) in [5.74, 6) is 1.14. The van der Waals surface area contributed by atoms with Crippen LogP contribution in [0.2, 0.25) is 0 Å². The van der Waals surface area contributed by atoms with Crippen molar-refractivity contribution in [2.24, 2.45) is 5.10 Å². The van der Waals surface area contributed by atoms with Gasteiger partial charge in [-0.25, -0.2) is 5.10 Å². The predicted octanol–water partition coefficient (Wildman–Crippen LogP) is 4.75. The van der Waals surface area contributed by atoms with Gasteiger partial charge in [-0.2, -0.15) is 9.78 Å². The fourth-order valence-corrected chi connectivity index (χ4v) is 2.66. The highest BCUT2D eigenvalue weighted by Crippen LogP contribution is 2.19. The Morgan fingerprint density at radius 1 is 0.960 bits per heavy atom. The molecular formula is C19H14N4OS. The van der Waals surface area contributed by atoms with Crippen LogP contribution in [0.4, 0.5) is 0 Å². The second kappa shape index (κ2) is 6.70. The molecule has 122 valence electrons. The van der Waals surface area contributed by atoms with E-state index in [1.165, 1.54) is 5.56 Å². The van der Waals surface area contributed by atoms with Crippen molar-refractivity contribution in [3.8, 4) is 22.7 Å². The largest absolute Gasteiger partial charge is 0.461 e. The molecule has 0 atom stereocenters. The lowest BCUT2D eigenvalue weighted by Crippen LogP contribution is -1.94. The van der Waals surface area contributed by atoms with Crippen LogP contribution in [0.3, 0.4) is 0 Å². The molecule has 0 spiro atoms. The molecule has 1 N–H and O–H groups in total. The predicted molar refractivity (Wildman–Crippen MR) is 100.0 cm³/mol. The third-order valence-electron chi connectivity index (χ3n) is 3.73. The van der Waals surface area contributed by atoms with E-state index in [1.807, 2.05) is 36.4 Å². The lowest BCUT2D eigenvalue weighted by atomic mass is 10.0. The number of hydrogen-bond acceptors (Lipinski definition) is 4. The molecule has 0 saturated heterocycles. The van der Waals surface area contributed by atoms with Crippen LogP contribution in [0, 0.1) is 4.77 Å². The zero-order valence-corrected chi connectivity index (χ0v) is 14.0. The van der Waals surface area contributed by atoms with Gasteiger partial charge >= 0.3 is 0 Å². The van der Waals surface area contributed by atoms with E-state index in [1.54, 1.807) is 23.2 Å². The molecule has 0 aliphatic rings. The van der Waals surface area contributed by atoms with Crippen molar-refractivity contribution >= 4 is 18.4 Å². The van der Waals surface area contributed by atoms with Gasteiger partial charge in [-0.3, -0.25) is 0 Å². The Bertz CT molecular complexity index is 1050. The molecule has 2 aromatic heterocycles. The number of nitrogens with zero attached hydrogens (tertiary/aromatic N) is 3. The Hall–Kier alpha value is -3.25. The van der Waals surface area contributed by atoms with Gasteiger partial charge in [0.05, 0.1) is 12.5 Å². The van der Waals surface area contributed by atoms with Crippen molar-refractivity contribution in [2.45, 2.75) is 0 Å². The summed E-state index contributed by atoms with van der Waals surface area (Å²) in [5, 5.41) is 11.3. The van der Waals surface area contributed by atoms with Crippen molar-refractivity contribution in [3.05, 3.63) is 83.3 Å². The topological polar surface area (TPSA) is 59.1 Å². The third-order valence-corrected chi connectivity index (χ3v) is 4.00. The fourth-order valence-electron chi connectivity index (χ4n) is 2.48. The van der Waals surface area contributed by atoms with Gasteiger partial charge in [0.15, 0.2) is 5.76 Å². The van der Waals surface area contributed by atoms with E-state index in [2.05, 4.69) is 39.6 Å². The van der Waals surface area contributed by atoms with Crippen LogP contribution in [0.25, 0.3) is 22.7 Å². The van der Waals surface area contributed by atoms with Gasteiger partial charge in [-0.1, -0.05) is 54.6 Å². The molecular weight excluding hydrogens is 332 g/mol. The second-order valence-electron chi connectivity index (χ2n) is 5.37. The minimum atomic E-state index is 0.406. The molecule has 4 aromatic rings. The zero-order chi connectivity index (χ0) is 17.1. The van der Waals surface area contributed by atoms with Crippen molar-refractivity contribution in [1.29, 1.82) is 0 Å². The number of nitrogens with one attached hydrogen (secondary N) is 1. The molecule has 0 radical (unpaired) electrons. The summed E-state index contributed by atoms with van der Waals surface area (Å²) in [6, 6.07) is 22.0. The van der Waals surface area contributed by atoms with Crippen LogP contribution < -0.4 is 0 Å².